The normalized spacial score (nSPS) is 13.4. The summed E-state index contributed by atoms with van der Waals surface area (Å²) in [6.45, 7) is 3.43. The Morgan fingerprint density at radius 2 is 2.17 bits per heavy atom. The van der Waals surface area contributed by atoms with E-state index >= 15 is 0 Å². The Kier molecular flexibility index (Phi) is 3.44. The predicted molar refractivity (Wildman–Crippen MR) is 66.3 cm³/mol. The van der Waals surface area contributed by atoms with Crippen molar-refractivity contribution in [2.24, 2.45) is 0 Å². The molecule has 1 atom stereocenters. The van der Waals surface area contributed by atoms with E-state index in [4.69, 9.17) is 0 Å². The van der Waals surface area contributed by atoms with Crippen molar-refractivity contribution in [2.75, 3.05) is 0 Å². The predicted octanol–water partition coefficient (Wildman–Crippen LogP) is 1.15. The van der Waals surface area contributed by atoms with E-state index in [0.717, 1.165) is 5.56 Å². The third kappa shape index (κ3) is 2.57. The Labute approximate surface area is 106 Å². The van der Waals surface area contributed by atoms with Crippen LogP contribution in [0.3, 0.4) is 0 Å². The SMILES string of the molecule is Cc1[nH]ncc1S(=O)(=O)NC(C)c1cccnc1. The standard InChI is InChI=1S/C11H14N4O2S/c1-8(10-4-3-5-12-6-10)15-18(16,17)11-7-13-14-9(11)2/h3-8,15H,1-2H3,(H,13,14). The smallest absolute Gasteiger partial charge is 0.244 e. The summed E-state index contributed by atoms with van der Waals surface area (Å²) in [4.78, 5) is 4.13. The summed E-state index contributed by atoms with van der Waals surface area (Å²) in [5, 5.41) is 6.32. The number of aryl methyl sites for hydroxylation is 1. The van der Waals surface area contributed by atoms with Crippen LogP contribution >= 0.6 is 0 Å². The molecule has 96 valence electrons. The lowest BCUT2D eigenvalue weighted by Crippen LogP contribution is -2.27. The van der Waals surface area contributed by atoms with Crippen molar-refractivity contribution in [2.45, 2.75) is 24.8 Å². The Morgan fingerprint density at radius 1 is 1.39 bits per heavy atom. The summed E-state index contributed by atoms with van der Waals surface area (Å²) in [6, 6.07) is 3.24. The summed E-state index contributed by atoms with van der Waals surface area (Å²) >= 11 is 0. The zero-order chi connectivity index (χ0) is 13.2. The van der Waals surface area contributed by atoms with Gasteiger partial charge in [-0.3, -0.25) is 10.1 Å². The van der Waals surface area contributed by atoms with Crippen LogP contribution in [0.1, 0.15) is 24.2 Å². The highest BCUT2D eigenvalue weighted by molar-refractivity contribution is 7.89. The second-order valence-electron chi connectivity index (χ2n) is 3.99. The lowest BCUT2D eigenvalue weighted by atomic mass is 10.2. The Bertz CT molecular complexity index is 622. The number of aromatic amines is 1. The molecule has 18 heavy (non-hydrogen) atoms. The van der Waals surface area contributed by atoms with Crippen LogP contribution < -0.4 is 4.72 Å². The van der Waals surface area contributed by atoms with Gasteiger partial charge >= 0.3 is 0 Å². The van der Waals surface area contributed by atoms with E-state index in [1.165, 1.54) is 6.20 Å². The van der Waals surface area contributed by atoms with Crippen LogP contribution in [0.2, 0.25) is 0 Å². The number of hydrogen-bond acceptors (Lipinski definition) is 4. The number of H-pyrrole nitrogens is 1. The maximum absolute atomic E-state index is 12.1. The highest BCUT2D eigenvalue weighted by Crippen LogP contribution is 2.17. The number of aromatic nitrogens is 3. The highest BCUT2D eigenvalue weighted by Gasteiger charge is 2.21. The fourth-order valence-corrected chi connectivity index (χ4v) is 2.98. The first-order chi connectivity index (χ1) is 8.50. The molecular formula is C11H14N4O2S. The Morgan fingerprint density at radius 3 is 2.72 bits per heavy atom. The fraction of sp³-hybridized carbons (Fsp3) is 0.273. The Hall–Kier alpha value is -1.73. The molecule has 0 aromatic carbocycles. The van der Waals surface area contributed by atoms with Crippen molar-refractivity contribution < 1.29 is 8.42 Å². The first kappa shape index (κ1) is 12.7. The van der Waals surface area contributed by atoms with Gasteiger partial charge < -0.3 is 0 Å². The molecule has 2 rings (SSSR count). The molecule has 0 aliphatic heterocycles. The van der Waals surface area contributed by atoms with Gasteiger partial charge in [0.1, 0.15) is 4.90 Å². The van der Waals surface area contributed by atoms with E-state index in [1.807, 2.05) is 6.07 Å². The van der Waals surface area contributed by atoms with Crippen LogP contribution in [0.5, 0.6) is 0 Å². The zero-order valence-corrected chi connectivity index (χ0v) is 10.9. The Balaban J connectivity index is 2.22. The maximum Gasteiger partial charge on any atom is 0.244 e. The van der Waals surface area contributed by atoms with E-state index < -0.39 is 10.0 Å². The quantitative estimate of drug-likeness (QED) is 0.869. The average Bonchev–Trinajstić information content (AvgIpc) is 2.77. The lowest BCUT2D eigenvalue weighted by Gasteiger charge is -2.13. The van der Waals surface area contributed by atoms with Gasteiger partial charge in [-0.05, 0) is 25.5 Å². The number of hydrogen-bond donors (Lipinski definition) is 2. The van der Waals surface area contributed by atoms with E-state index in [2.05, 4.69) is 19.9 Å². The minimum absolute atomic E-state index is 0.165. The molecule has 0 saturated carbocycles. The van der Waals surface area contributed by atoms with Gasteiger partial charge in [0.25, 0.3) is 0 Å². The molecule has 2 aromatic rings. The summed E-state index contributed by atoms with van der Waals surface area (Å²) in [5.74, 6) is 0. The van der Waals surface area contributed by atoms with Gasteiger partial charge in [-0.15, -0.1) is 0 Å². The van der Waals surface area contributed by atoms with Crippen LogP contribution in [0.15, 0.2) is 35.6 Å². The minimum Gasteiger partial charge on any atom is -0.281 e. The molecule has 2 heterocycles. The summed E-state index contributed by atoms with van der Waals surface area (Å²) < 4.78 is 26.8. The van der Waals surface area contributed by atoms with Crippen LogP contribution in [-0.2, 0) is 10.0 Å². The van der Waals surface area contributed by atoms with Crippen LogP contribution in [-0.4, -0.2) is 23.6 Å². The molecular weight excluding hydrogens is 252 g/mol. The van der Waals surface area contributed by atoms with Crippen molar-refractivity contribution in [1.29, 1.82) is 0 Å². The van der Waals surface area contributed by atoms with Gasteiger partial charge in [0.15, 0.2) is 0 Å². The van der Waals surface area contributed by atoms with Crippen molar-refractivity contribution >= 4 is 10.0 Å². The van der Waals surface area contributed by atoms with Gasteiger partial charge in [0, 0.05) is 18.4 Å². The van der Waals surface area contributed by atoms with E-state index in [0.29, 0.717) is 5.69 Å². The summed E-state index contributed by atoms with van der Waals surface area (Å²) in [7, 11) is -3.57. The molecule has 0 fully saturated rings. The largest absolute Gasteiger partial charge is 0.281 e. The van der Waals surface area contributed by atoms with Crippen molar-refractivity contribution in [1.82, 2.24) is 19.9 Å². The maximum atomic E-state index is 12.1. The molecule has 0 bridgehead atoms. The minimum atomic E-state index is -3.57. The molecule has 0 amide bonds. The molecule has 1 unspecified atom stereocenters. The summed E-state index contributed by atoms with van der Waals surface area (Å²) in [5.41, 5.74) is 1.32. The molecule has 7 heteroatoms. The van der Waals surface area contributed by atoms with E-state index in [1.54, 1.807) is 32.3 Å². The van der Waals surface area contributed by atoms with Gasteiger partial charge in [0.05, 0.1) is 11.9 Å². The van der Waals surface area contributed by atoms with Crippen LogP contribution in [0, 0.1) is 6.92 Å². The fourth-order valence-electron chi connectivity index (χ4n) is 1.61. The first-order valence-corrected chi connectivity index (χ1v) is 6.91. The summed E-state index contributed by atoms with van der Waals surface area (Å²) in [6.07, 6.45) is 4.58. The van der Waals surface area contributed by atoms with Gasteiger partial charge in [0.2, 0.25) is 10.0 Å². The van der Waals surface area contributed by atoms with Crippen LogP contribution in [0.25, 0.3) is 0 Å². The second kappa shape index (κ2) is 4.87. The molecule has 6 nitrogen and oxygen atoms in total. The number of nitrogens with zero attached hydrogens (tertiary/aromatic N) is 2. The average molecular weight is 266 g/mol. The van der Waals surface area contributed by atoms with Gasteiger partial charge in [-0.2, -0.15) is 5.10 Å². The van der Waals surface area contributed by atoms with Crippen LogP contribution in [0.4, 0.5) is 0 Å². The second-order valence-corrected chi connectivity index (χ2v) is 5.67. The van der Waals surface area contributed by atoms with Crippen molar-refractivity contribution in [3.05, 3.63) is 42.0 Å². The number of nitrogens with one attached hydrogen (secondary N) is 2. The first-order valence-electron chi connectivity index (χ1n) is 5.43. The van der Waals surface area contributed by atoms with Crippen molar-refractivity contribution in [3.63, 3.8) is 0 Å². The number of rotatable bonds is 4. The molecule has 0 radical (unpaired) electrons. The zero-order valence-electron chi connectivity index (χ0n) is 10.1. The van der Waals surface area contributed by atoms with E-state index in [-0.39, 0.29) is 10.9 Å². The molecule has 2 N–H and O–H groups in total. The highest BCUT2D eigenvalue weighted by atomic mass is 32.2. The third-order valence-electron chi connectivity index (χ3n) is 2.59. The molecule has 0 saturated heterocycles. The van der Waals surface area contributed by atoms with Gasteiger partial charge in [-0.25, -0.2) is 13.1 Å². The molecule has 0 aliphatic rings. The molecule has 0 aliphatic carbocycles. The van der Waals surface area contributed by atoms with E-state index in [9.17, 15) is 8.42 Å². The third-order valence-corrected chi connectivity index (χ3v) is 4.24. The lowest BCUT2D eigenvalue weighted by molar-refractivity contribution is 0.566. The van der Waals surface area contributed by atoms with Gasteiger partial charge in [-0.1, -0.05) is 6.07 Å². The number of sulfonamides is 1. The molecule has 2 aromatic heterocycles. The number of pyridine rings is 1. The monoisotopic (exact) mass is 266 g/mol. The molecule has 0 spiro atoms. The van der Waals surface area contributed by atoms with Crippen molar-refractivity contribution in [3.8, 4) is 0 Å². The topological polar surface area (TPSA) is 87.7 Å².